The van der Waals surface area contributed by atoms with E-state index in [2.05, 4.69) is 27.9 Å². The molecule has 0 spiro atoms. The standard InChI is InChI=1S/C15H21N3O/c1-2-18-13-7-4-3-6-12(13)17-14(18)10-16-11-15(19)8-5-9-15/h3-4,6-7,16,19H,2,5,8-11H2,1H3. The minimum atomic E-state index is -0.469. The van der Waals surface area contributed by atoms with Gasteiger partial charge < -0.3 is 15.0 Å². The third kappa shape index (κ3) is 2.38. The van der Waals surface area contributed by atoms with Gasteiger partial charge in [0.25, 0.3) is 0 Å². The Kier molecular flexibility index (Phi) is 3.29. The van der Waals surface area contributed by atoms with Gasteiger partial charge in [-0.05, 0) is 38.3 Å². The number of aliphatic hydroxyl groups is 1. The number of aryl methyl sites for hydroxylation is 1. The summed E-state index contributed by atoms with van der Waals surface area (Å²) >= 11 is 0. The maximum Gasteiger partial charge on any atom is 0.123 e. The molecule has 0 aliphatic heterocycles. The van der Waals surface area contributed by atoms with Crippen molar-refractivity contribution in [1.29, 1.82) is 0 Å². The highest BCUT2D eigenvalue weighted by Gasteiger charge is 2.33. The Morgan fingerprint density at radius 2 is 2.16 bits per heavy atom. The first kappa shape index (κ1) is 12.6. The summed E-state index contributed by atoms with van der Waals surface area (Å²) in [4.78, 5) is 4.67. The van der Waals surface area contributed by atoms with Crippen LogP contribution in [0.5, 0.6) is 0 Å². The number of fused-ring (bicyclic) bond motifs is 1. The quantitative estimate of drug-likeness (QED) is 0.864. The number of nitrogens with zero attached hydrogens (tertiary/aromatic N) is 2. The number of hydrogen-bond donors (Lipinski definition) is 2. The summed E-state index contributed by atoms with van der Waals surface area (Å²) in [6.45, 7) is 4.43. The minimum Gasteiger partial charge on any atom is -0.389 e. The lowest BCUT2D eigenvalue weighted by atomic mass is 9.80. The topological polar surface area (TPSA) is 50.1 Å². The van der Waals surface area contributed by atoms with E-state index in [1.807, 2.05) is 18.2 Å². The molecule has 19 heavy (non-hydrogen) atoms. The predicted octanol–water partition coefficient (Wildman–Crippen LogP) is 2.06. The first-order valence-corrected chi connectivity index (χ1v) is 7.09. The lowest BCUT2D eigenvalue weighted by Crippen LogP contribution is -2.46. The molecule has 0 saturated heterocycles. The third-order valence-electron chi connectivity index (χ3n) is 4.07. The second-order valence-electron chi connectivity index (χ2n) is 5.44. The number of aromatic nitrogens is 2. The molecule has 1 aliphatic rings. The molecule has 1 fully saturated rings. The zero-order valence-corrected chi connectivity index (χ0v) is 11.4. The number of hydrogen-bond acceptors (Lipinski definition) is 3. The van der Waals surface area contributed by atoms with Crippen LogP contribution < -0.4 is 5.32 Å². The monoisotopic (exact) mass is 259 g/mol. The molecule has 3 rings (SSSR count). The van der Waals surface area contributed by atoms with Gasteiger partial charge in [0.05, 0.1) is 23.2 Å². The van der Waals surface area contributed by atoms with Crippen molar-refractivity contribution >= 4 is 11.0 Å². The Hall–Kier alpha value is -1.39. The maximum absolute atomic E-state index is 10.1. The number of benzene rings is 1. The molecule has 1 aliphatic carbocycles. The summed E-state index contributed by atoms with van der Waals surface area (Å²) in [6, 6.07) is 8.22. The van der Waals surface area contributed by atoms with Gasteiger partial charge in [-0.15, -0.1) is 0 Å². The van der Waals surface area contributed by atoms with Crippen LogP contribution in [-0.4, -0.2) is 26.8 Å². The van der Waals surface area contributed by atoms with Crippen LogP contribution in [0.1, 0.15) is 32.0 Å². The van der Waals surface area contributed by atoms with Crippen molar-refractivity contribution in [1.82, 2.24) is 14.9 Å². The van der Waals surface area contributed by atoms with E-state index in [0.29, 0.717) is 13.1 Å². The van der Waals surface area contributed by atoms with Crippen LogP contribution in [0.15, 0.2) is 24.3 Å². The largest absolute Gasteiger partial charge is 0.389 e. The zero-order chi connectivity index (χ0) is 13.3. The molecule has 1 heterocycles. The molecular weight excluding hydrogens is 238 g/mol. The van der Waals surface area contributed by atoms with E-state index in [1.54, 1.807) is 0 Å². The van der Waals surface area contributed by atoms with Crippen LogP contribution in [0, 0.1) is 0 Å². The minimum absolute atomic E-state index is 0.469. The second kappa shape index (κ2) is 4.94. The molecule has 0 amide bonds. The lowest BCUT2D eigenvalue weighted by Gasteiger charge is -2.36. The Morgan fingerprint density at radius 3 is 2.84 bits per heavy atom. The molecule has 0 unspecified atom stereocenters. The number of rotatable bonds is 5. The van der Waals surface area contributed by atoms with Gasteiger partial charge in [-0.2, -0.15) is 0 Å². The first-order valence-electron chi connectivity index (χ1n) is 7.09. The number of imidazole rings is 1. The van der Waals surface area contributed by atoms with Gasteiger partial charge in [0.1, 0.15) is 5.82 Å². The summed E-state index contributed by atoms with van der Waals surface area (Å²) < 4.78 is 2.23. The summed E-state index contributed by atoms with van der Waals surface area (Å²) in [6.07, 6.45) is 2.99. The van der Waals surface area contributed by atoms with Crippen LogP contribution in [0.4, 0.5) is 0 Å². The van der Waals surface area contributed by atoms with Gasteiger partial charge in [0.15, 0.2) is 0 Å². The highest BCUT2D eigenvalue weighted by atomic mass is 16.3. The van der Waals surface area contributed by atoms with Gasteiger partial charge in [-0.3, -0.25) is 0 Å². The first-order chi connectivity index (χ1) is 9.22. The highest BCUT2D eigenvalue weighted by molar-refractivity contribution is 5.75. The zero-order valence-electron chi connectivity index (χ0n) is 11.4. The summed E-state index contributed by atoms with van der Waals surface area (Å²) in [5.74, 6) is 1.05. The van der Waals surface area contributed by atoms with E-state index in [-0.39, 0.29) is 0 Å². The third-order valence-corrected chi connectivity index (χ3v) is 4.07. The molecule has 4 heteroatoms. The van der Waals surface area contributed by atoms with E-state index >= 15 is 0 Å². The van der Waals surface area contributed by atoms with Crippen LogP contribution in [0.3, 0.4) is 0 Å². The second-order valence-corrected chi connectivity index (χ2v) is 5.44. The molecule has 0 atom stereocenters. The van der Waals surface area contributed by atoms with Gasteiger partial charge in [0, 0.05) is 13.1 Å². The molecule has 0 radical (unpaired) electrons. The normalized spacial score (nSPS) is 17.6. The van der Waals surface area contributed by atoms with E-state index in [4.69, 9.17) is 0 Å². The van der Waals surface area contributed by atoms with Crippen LogP contribution in [0.2, 0.25) is 0 Å². The highest BCUT2D eigenvalue weighted by Crippen LogP contribution is 2.30. The SMILES string of the molecule is CCn1c(CNCC2(O)CCC2)nc2ccccc21. The van der Waals surface area contributed by atoms with E-state index in [0.717, 1.165) is 37.1 Å². The van der Waals surface area contributed by atoms with Crippen molar-refractivity contribution in [2.24, 2.45) is 0 Å². The molecule has 4 nitrogen and oxygen atoms in total. The number of nitrogens with one attached hydrogen (secondary N) is 1. The molecule has 102 valence electrons. The van der Waals surface area contributed by atoms with Crippen molar-refractivity contribution in [3.05, 3.63) is 30.1 Å². The fraction of sp³-hybridized carbons (Fsp3) is 0.533. The van der Waals surface area contributed by atoms with Gasteiger partial charge in [0.2, 0.25) is 0 Å². The van der Waals surface area contributed by atoms with Gasteiger partial charge >= 0.3 is 0 Å². The number of para-hydroxylation sites is 2. The smallest absolute Gasteiger partial charge is 0.123 e. The van der Waals surface area contributed by atoms with Crippen molar-refractivity contribution in [2.45, 2.75) is 44.9 Å². The maximum atomic E-state index is 10.1. The van der Waals surface area contributed by atoms with Gasteiger partial charge in [-0.1, -0.05) is 12.1 Å². The van der Waals surface area contributed by atoms with Crippen LogP contribution in [0.25, 0.3) is 11.0 Å². The molecule has 1 aromatic carbocycles. The Balaban J connectivity index is 1.73. The fourth-order valence-electron chi connectivity index (χ4n) is 2.78. The van der Waals surface area contributed by atoms with E-state index in [1.165, 1.54) is 5.52 Å². The fourth-order valence-corrected chi connectivity index (χ4v) is 2.78. The van der Waals surface area contributed by atoms with E-state index in [9.17, 15) is 5.11 Å². The summed E-state index contributed by atoms with van der Waals surface area (Å²) in [7, 11) is 0. The molecule has 1 saturated carbocycles. The van der Waals surface area contributed by atoms with Gasteiger partial charge in [-0.25, -0.2) is 4.98 Å². The molecule has 2 aromatic rings. The average Bonchev–Trinajstić information content (AvgIpc) is 2.74. The Morgan fingerprint density at radius 1 is 1.37 bits per heavy atom. The van der Waals surface area contributed by atoms with E-state index < -0.39 is 5.60 Å². The Bertz CT molecular complexity index is 572. The average molecular weight is 259 g/mol. The van der Waals surface area contributed by atoms with Crippen molar-refractivity contribution in [3.63, 3.8) is 0 Å². The lowest BCUT2D eigenvalue weighted by molar-refractivity contribution is -0.0316. The van der Waals surface area contributed by atoms with Crippen molar-refractivity contribution < 1.29 is 5.11 Å². The predicted molar refractivity (Wildman–Crippen MR) is 75.9 cm³/mol. The molecular formula is C15H21N3O. The Labute approximate surface area is 113 Å². The van der Waals surface area contributed by atoms with Crippen molar-refractivity contribution in [2.75, 3.05) is 6.54 Å². The van der Waals surface area contributed by atoms with Crippen LogP contribution >= 0.6 is 0 Å². The summed E-state index contributed by atoms with van der Waals surface area (Å²) in [5.41, 5.74) is 1.76. The summed E-state index contributed by atoms with van der Waals surface area (Å²) in [5, 5.41) is 13.4. The molecule has 1 aromatic heterocycles. The van der Waals surface area contributed by atoms with Crippen molar-refractivity contribution in [3.8, 4) is 0 Å². The molecule has 2 N–H and O–H groups in total. The van der Waals surface area contributed by atoms with Crippen LogP contribution in [-0.2, 0) is 13.1 Å². The molecule has 0 bridgehead atoms.